The number of unbranched alkanes of at least 4 members (excludes halogenated alkanes) is 32. The van der Waals surface area contributed by atoms with Crippen LogP contribution < -0.4 is 0 Å². The minimum Gasteiger partial charge on any atom is -0.462 e. The highest BCUT2D eigenvalue weighted by Crippen LogP contribution is 2.45. The number of esters is 4. The molecule has 0 heterocycles. The summed E-state index contributed by atoms with van der Waals surface area (Å²) in [6.07, 6.45) is 44.5. The first-order chi connectivity index (χ1) is 43.7. The molecule has 17 nitrogen and oxygen atoms in total. The molecule has 5 unspecified atom stereocenters. The van der Waals surface area contributed by atoms with Gasteiger partial charge >= 0.3 is 39.5 Å². The van der Waals surface area contributed by atoms with Gasteiger partial charge in [0, 0.05) is 25.7 Å². The van der Waals surface area contributed by atoms with Gasteiger partial charge in [0.05, 0.1) is 26.4 Å². The summed E-state index contributed by atoms with van der Waals surface area (Å²) in [6, 6.07) is 0. The molecule has 0 aliphatic carbocycles. The molecule has 0 aromatic rings. The molecule has 0 spiro atoms. The highest BCUT2D eigenvalue weighted by Gasteiger charge is 2.30. The fraction of sp³-hybridized carbons (Fsp3) is 0.944. The van der Waals surface area contributed by atoms with Crippen molar-refractivity contribution in [3.63, 3.8) is 0 Å². The van der Waals surface area contributed by atoms with Gasteiger partial charge in [-0.3, -0.25) is 37.3 Å². The maximum absolute atomic E-state index is 13.0. The second-order valence-corrected chi connectivity index (χ2v) is 30.1. The molecule has 0 saturated heterocycles. The first-order valence-corrected chi connectivity index (χ1v) is 40.3. The van der Waals surface area contributed by atoms with Crippen LogP contribution in [0, 0.1) is 23.7 Å². The van der Waals surface area contributed by atoms with Crippen molar-refractivity contribution in [3.05, 3.63) is 0 Å². The number of carbonyl (C=O) groups is 4. The van der Waals surface area contributed by atoms with Gasteiger partial charge in [-0.1, -0.05) is 306 Å². The Kier molecular flexibility index (Phi) is 60.3. The van der Waals surface area contributed by atoms with E-state index < -0.39 is 97.5 Å². The molecule has 0 amide bonds. The molecule has 0 fully saturated rings. The second kappa shape index (κ2) is 61.6. The van der Waals surface area contributed by atoms with E-state index in [2.05, 4.69) is 55.4 Å². The van der Waals surface area contributed by atoms with E-state index in [-0.39, 0.29) is 25.7 Å². The smallest absolute Gasteiger partial charge is 0.462 e. The average Bonchev–Trinajstić information content (AvgIpc) is 3.19. The van der Waals surface area contributed by atoms with Crippen LogP contribution in [0.25, 0.3) is 0 Å². The van der Waals surface area contributed by atoms with Crippen molar-refractivity contribution in [2.75, 3.05) is 39.6 Å². The Morgan fingerprint density at radius 1 is 0.308 bits per heavy atom. The number of aliphatic hydroxyl groups is 1. The van der Waals surface area contributed by atoms with Crippen molar-refractivity contribution in [1.82, 2.24) is 0 Å². The lowest BCUT2D eigenvalue weighted by atomic mass is 9.99. The maximum Gasteiger partial charge on any atom is 0.472 e. The van der Waals surface area contributed by atoms with Crippen LogP contribution in [0.15, 0.2) is 0 Å². The minimum absolute atomic E-state index is 0.104. The van der Waals surface area contributed by atoms with Gasteiger partial charge in [0.1, 0.15) is 19.3 Å². The van der Waals surface area contributed by atoms with E-state index >= 15 is 0 Å². The third-order valence-electron chi connectivity index (χ3n) is 17.7. The lowest BCUT2D eigenvalue weighted by Crippen LogP contribution is -2.30. The molecule has 0 aromatic carbocycles. The summed E-state index contributed by atoms with van der Waals surface area (Å²) < 4.78 is 68.3. The van der Waals surface area contributed by atoms with E-state index in [4.69, 9.17) is 37.0 Å². The predicted molar refractivity (Wildman–Crippen MR) is 367 cm³/mol. The highest BCUT2D eigenvalue weighted by molar-refractivity contribution is 7.47. The largest absolute Gasteiger partial charge is 0.472 e. The van der Waals surface area contributed by atoms with Gasteiger partial charge < -0.3 is 33.8 Å². The SMILES string of the molecule is CCC(C)CCCCCCCCCCC(=O)O[C@H](COC(=O)CCCCCCCCC(C)CC)COP(=O)(O)OC[C@@H](O)COP(=O)(O)OC[C@@H](COC(=O)CCCCCCCCC(C)CC)OC(=O)CCCCCCCCCCCCCCCCCCC(C)C. The zero-order valence-electron chi connectivity index (χ0n) is 59.5. The monoisotopic (exact) mass is 1340 g/mol. The van der Waals surface area contributed by atoms with Crippen LogP contribution in [0.3, 0.4) is 0 Å². The number of carbonyl (C=O) groups excluding carboxylic acids is 4. The molecule has 0 aliphatic heterocycles. The molecule has 0 bridgehead atoms. The summed E-state index contributed by atoms with van der Waals surface area (Å²) >= 11 is 0. The quantitative estimate of drug-likeness (QED) is 0.0222. The van der Waals surface area contributed by atoms with E-state index in [1.54, 1.807) is 0 Å². The van der Waals surface area contributed by atoms with Crippen LogP contribution >= 0.6 is 15.6 Å². The zero-order chi connectivity index (χ0) is 67.5. The zero-order valence-corrected chi connectivity index (χ0v) is 61.3. The summed E-state index contributed by atoms with van der Waals surface area (Å²) in [6.45, 7) is 14.1. The van der Waals surface area contributed by atoms with E-state index in [1.165, 1.54) is 148 Å². The molecule has 19 heteroatoms. The van der Waals surface area contributed by atoms with Crippen molar-refractivity contribution in [3.8, 4) is 0 Å². The number of hydrogen-bond acceptors (Lipinski definition) is 15. The lowest BCUT2D eigenvalue weighted by molar-refractivity contribution is -0.161. The molecule has 91 heavy (non-hydrogen) atoms. The van der Waals surface area contributed by atoms with E-state index in [9.17, 15) is 43.2 Å². The van der Waals surface area contributed by atoms with Crippen LogP contribution in [-0.2, 0) is 65.4 Å². The van der Waals surface area contributed by atoms with Gasteiger partial charge in [-0.05, 0) is 49.4 Å². The Morgan fingerprint density at radius 3 is 0.780 bits per heavy atom. The Bertz CT molecular complexity index is 1800. The predicted octanol–water partition coefficient (Wildman–Crippen LogP) is 20.5. The topological polar surface area (TPSA) is 237 Å². The fourth-order valence-electron chi connectivity index (χ4n) is 10.7. The summed E-state index contributed by atoms with van der Waals surface area (Å²) in [7, 11) is -9.91. The summed E-state index contributed by atoms with van der Waals surface area (Å²) in [5.41, 5.74) is 0. The van der Waals surface area contributed by atoms with Crippen molar-refractivity contribution in [2.45, 2.75) is 375 Å². The summed E-state index contributed by atoms with van der Waals surface area (Å²) in [4.78, 5) is 72.6. The Morgan fingerprint density at radius 2 is 0.527 bits per heavy atom. The van der Waals surface area contributed by atoms with Crippen molar-refractivity contribution in [1.29, 1.82) is 0 Å². The summed E-state index contributed by atoms with van der Waals surface area (Å²) in [5, 5.41) is 10.6. The van der Waals surface area contributed by atoms with Crippen LogP contribution in [0.1, 0.15) is 357 Å². The Labute approximate surface area is 556 Å². The second-order valence-electron chi connectivity index (χ2n) is 27.2. The van der Waals surface area contributed by atoms with Gasteiger partial charge in [0.25, 0.3) is 0 Å². The number of phosphoric acid groups is 2. The molecular formula is C72H140O17P2. The number of phosphoric ester groups is 2. The lowest BCUT2D eigenvalue weighted by Gasteiger charge is -2.21. The fourth-order valence-corrected chi connectivity index (χ4v) is 12.3. The molecule has 540 valence electrons. The minimum atomic E-state index is -4.95. The van der Waals surface area contributed by atoms with Crippen molar-refractivity contribution >= 4 is 39.5 Å². The van der Waals surface area contributed by atoms with Crippen LogP contribution in [0.2, 0.25) is 0 Å². The summed E-state index contributed by atoms with van der Waals surface area (Å²) in [5.74, 6) is 0.910. The molecule has 8 atom stereocenters. The van der Waals surface area contributed by atoms with Gasteiger partial charge in [-0.25, -0.2) is 9.13 Å². The molecule has 0 radical (unpaired) electrons. The standard InChI is InChI=1S/C72H140O17P2/c1-9-63(6)49-41-33-25-22-23-27-39-47-55-72(77)89-68(59-83-70(75)53-45-37-31-29-35-43-51-65(8)11-3)61-87-91(80,81)85-57-66(73)56-84-90(78,79)86-60-67(58-82-69(74)52-44-36-30-28-34-42-50-64(7)10-2)88-71(76)54-46-38-26-21-19-17-15-13-12-14-16-18-20-24-32-40-48-62(4)5/h62-68,73H,9-61H2,1-8H3,(H,78,79)(H,80,81)/t63?,64?,65?,66-,67+,68+/m0/s1. The van der Waals surface area contributed by atoms with Gasteiger partial charge in [-0.2, -0.15) is 0 Å². The van der Waals surface area contributed by atoms with Crippen molar-refractivity contribution in [2.24, 2.45) is 23.7 Å². The highest BCUT2D eigenvalue weighted by atomic mass is 31.2. The van der Waals surface area contributed by atoms with E-state index in [0.29, 0.717) is 25.7 Å². The van der Waals surface area contributed by atoms with Crippen LogP contribution in [0.5, 0.6) is 0 Å². The van der Waals surface area contributed by atoms with Gasteiger partial charge in [-0.15, -0.1) is 0 Å². The molecule has 3 N–H and O–H groups in total. The number of aliphatic hydroxyl groups excluding tert-OH is 1. The number of ether oxygens (including phenoxy) is 4. The normalized spacial score (nSPS) is 15.1. The third-order valence-corrected chi connectivity index (χ3v) is 19.6. The molecule has 0 saturated carbocycles. The maximum atomic E-state index is 13.0. The van der Waals surface area contributed by atoms with Gasteiger partial charge in [0.15, 0.2) is 12.2 Å². The molecule has 0 aromatic heterocycles. The first kappa shape index (κ1) is 89.1. The molecule has 0 aliphatic rings. The number of hydrogen-bond donors (Lipinski definition) is 3. The number of rotatable bonds is 69. The molecule has 0 rings (SSSR count). The van der Waals surface area contributed by atoms with E-state index in [1.807, 2.05) is 0 Å². The van der Waals surface area contributed by atoms with E-state index in [0.717, 1.165) is 126 Å². The first-order valence-electron chi connectivity index (χ1n) is 37.3. The van der Waals surface area contributed by atoms with Crippen LogP contribution in [0.4, 0.5) is 0 Å². The average molecular weight is 1340 g/mol. The Hall–Kier alpha value is -1.94. The third kappa shape index (κ3) is 62.6. The van der Waals surface area contributed by atoms with Crippen LogP contribution in [-0.4, -0.2) is 96.7 Å². The van der Waals surface area contributed by atoms with Crippen molar-refractivity contribution < 1.29 is 80.2 Å². The molecular weight excluding hydrogens is 1200 g/mol. The van der Waals surface area contributed by atoms with Gasteiger partial charge in [0.2, 0.25) is 0 Å². The Balaban J connectivity index is 5.22.